The summed E-state index contributed by atoms with van der Waals surface area (Å²) in [5.41, 5.74) is 15.6. The minimum Gasteiger partial charge on any atom is -0.456 e. The van der Waals surface area contributed by atoms with Crippen molar-refractivity contribution in [2.45, 2.75) is 0 Å². The molecule has 14 aromatic rings. The number of benzene rings is 8. The monoisotopic (exact) mass is 782 g/mol. The fourth-order valence-electron chi connectivity index (χ4n) is 9.45. The summed E-state index contributed by atoms with van der Waals surface area (Å²) >= 11 is 0. The van der Waals surface area contributed by atoms with E-state index < -0.39 is 0 Å². The Morgan fingerprint density at radius 1 is 0.344 bits per heavy atom. The summed E-state index contributed by atoms with van der Waals surface area (Å²) in [6.07, 6.45) is 0. The summed E-state index contributed by atoms with van der Waals surface area (Å²) in [6.45, 7) is 0. The van der Waals surface area contributed by atoms with Crippen LogP contribution in [0.2, 0.25) is 0 Å². The first kappa shape index (κ1) is 32.4. The highest BCUT2D eigenvalue weighted by atomic mass is 16.3. The molecule has 0 radical (unpaired) electrons. The lowest BCUT2D eigenvalue weighted by atomic mass is 10.0. The number of aromatic nitrogens is 8. The van der Waals surface area contributed by atoms with Crippen molar-refractivity contribution in [2.75, 3.05) is 0 Å². The maximum absolute atomic E-state index is 6.36. The van der Waals surface area contributed by atoms with Crippen molar-refractivity contribution in [2.24, 2.45) is 0 Å². The summed E-state index contributed by atoms with van der Waals surface area (Å²) < 4.78 is 15.2. The van der Waals surface area contributed by atoms with Gasteiger partial charge in [-0.2, -0.15) is 0 Å². The molecule has 0 atom stereocenters. The van der Waals surface area contributed by atoms with E-state index in [0.29, 0.717) is 5.95 Å². The number of nitrogens with zero attached hydrogens (tertiary/aromatic N) is 8. The van der Waals surface area contributed by atoms with Crippen LogP contribution in [0.15, 0.2) is 186 Å². The highest BCUT2D eigenvalue weighted by molar-refractivity contribution is 6.06. The Hall–Kier alpha value is -8.56. The third-order valence-corrected chi connectivity index (χ3v) is 12.2. The lowest BCUT2D eigenvalue weighted by Gasteiger charge is -2.11. The number of rotatable bonds is 4. The van der Waals surface area contributed by atoms with Gasteiger partial charge in [0.05, 0.1) is 61.0 Å². The van der Waals surface area contributed by atoms with Crippen molar-refractivity contribution in [3.63, 3.8) is 0 Å². The molecule has 0 spiro atoms. The molecule has 8 aromatic carbocycles. The van der Waals surface area contributed by atoms with Crippen LogP contribution >= 0.6 is 0 Å². The zero-order valence-corrected chi connectivity index (χ0v) is 32.3. The number of hydrogen-bond acceptors (Lipinski definition) is 5. The number of para-hydroxylation sites is 6. The van der Waals surface area contributed by atoms with Gasteiger partial charge >= 0.3 is 0 Å². The Morgan fingerprint density at radius 2 is 0.918 bits per heavy atom. The molecule has 0 fully saturated rings. The van der Waals surface area contributed by atoms with E-state index in [0.717, 1.165) is 117 Å². The number of imidazole rings is 4. The van der Waals surface area contributed by atoms with Gasteiger partial charge in [0.25, 0.3) is 0 Å². The van der Waals surface area contributed by atoms with Gasteiger partial charge in [-0.05, 0) is 83.9 Å². The van der Waals surface area contributed by atoms with Crippen molar-refractivity contribution in [1.29, 1.82) is 0 Å². The quantitative estimate of drug-likeness (QED) is 0.177. The average molecular weight is 783 g/mol. The highest BCUT2D eigenvalue weighted by Gasteiger charge is 2.23. The molecule has 6 heterocycles. The predicted octanol–water partition coefficient (Wildman–Crippen LogP) is 12.4. The summed E-state index contributed by atoms with van der Waals surface area (Å²) in [6, 6.07) is 63.1. The summed E-state index contributed by atoms with van der Waals surface area (Å²) in [5.74, 6) is 2.16. The normalized spacial score (nSPS) is 12.3. The van der Waals surface area contributed by atoms with Crippen LogP contribution in [0.5, 0.6) is 0 Å². The summed E-state index contributed by atoms with van der Waals surface area (Å²) in [4.78, 5) is 20.9. The van der Waals surface area contributed by atoms with E-state index in [-0.39, 0.29) is 0 Å². The molecule has 0 saturated heterocycles. The van der Waals surface area contributed by atoms with E-state index in [4.69, 9.17) is 24.4 Å². The van der Waals surface area contributed by atoms with E-state index in [2.05, 4.69) is 145 Å². The van der Waals surface area contributed by atoms with Gasteiger partial charge in [-0.25, -0.2) is 24.5 Å². The topological polar surface area (TPSA) is 83.4 Å². The lowest BCUT2D eigenvalue weighted by Crippen LogP contribution is -2.04. The zero-order valence-electron chi connectivity index (χ0n) is 32.3. The third kappa shape index (κ3) is 4.54. The van der Waals surface area contributed by atoms with Crippen LogP contribution < -0.4 is 0 Å². The van der Waals surface area contributed by atoms with E-state index in [1.165, 1.54) is 0 Å². The van der Waals surface area contributed by atoms with Crippen molar-refractivity contribution >= 4 is 88.5 Å². The Balaban J connectivity index is 0.998. The smallest absolute Gasteiger partial charge is 0.238 e. The molecule has 9 nitrogen and oxygen atoms in total. The van der Waals surface area contributed by atoms with E-state index in [9.17, 15) is 0 Å². The number of fused-ring (bicyclic) bond motifs is 14. The van der Waals surface area contributed by atoms with E-state index in [1.807, 2.05) is 54.6 Å². The molecule has 0 bridgehead atoms. The summed E-state index contributed by atoms with van der Waals surface area (Å²) in [7, 11) is 0. The molecule has 284 valence electrons. The molecule has 6 aromatic heterocycles. The predicted molar refractivity (Wildman–Crippen MR) is 244 cm³/mol. The van der Waals surface area contributed by atoms with Crippen LogP contribution in [0.4, 0.5) is 0 Å². The second-order valence-corrected chi connectivity index (χ2v) is 15.6. The van der Waals surface area contributed by atoms with Gasteiger partial charge in [-0.3, -0.25) is 13.4 Å². The molecule has 0 aliphatic carbocycles. The zero-order chi connectivity index (χ0) is 39.8. The van der Waals surface area contributed by atoms with Crippen LogP contribution in [0.3, 0.4) is 0 Å². The minimum absolute atomic E-state index is 0.568. The molecule has 0 unspecified atom stereocenters. The van der Waals surface area contributed by atoms with E-state index >= 15 is 0 Å². The fraction of sp³-hybridized carbons (Fsp3) is 0. The van der Waals surface area contributed by atoms with Gasteiger partial charge in [-0.1, -0.05) is 103 Å². The Bertz CT molecular complexity index is 4130. The molecule has 0 amide bonds. The first-order chi connectivity index (χ1) is 30.2. The standard InChI is InChI=1S/C52H30N8O/c1-2-12-31(13-3-1)49-37-15-4-6-16-38(37)53-50(56-49)60-44-27-23-33(29-46(44)59-42-20-10-8-18-40(42)55-52(59)60)32-22-26-43-45(28-32)58-41-19-9-7-17-39(41)54-51(58)57(43)34-24-25-36-35-14-5-11-21-47(35)61-48(36)30-34/h1-30H. The lowest BCUT2D eigenvalue weighted by molar-refractivity contribution is 0.668. The van der Waals surface area contributed by atoms with Gasteiger partial charge in [0.15, 0.2) is 0 Å². The van der Waals surface area contributed by atoms with Crippen molar-refractivity contribution in [1.82, 2.24) is 37.9 Å². The van der Waals surface area contributed by atoms with Crippen LogP contribution in [0, 0.1) is 0 Å². The molecule has 9 heteroatoms. The van der Waals surface area contributed by atoms with Crippen LogP contribution in [0.25, 0.3) is 123 Å². The highest BCUT2D eigenvalue weighted by Crippen LogP contribution is 2.38. The molecular formula is C52H30N8O. The average Bonchev–Trinajstić information content (AvgIpc) is 4.12. The van der Waals surface area contributed by atoms with Gasteiger partial charge in [0.1, 0.15) is 11.2 Å². The van der Waals surface area contributed by atoms with Crippen molar-refractivity contribution in [3.05, 3.63) is 182 Å². The SMILES string of the molecule is c1ccc(-c2nc(-n3c4ccc(-c5ccc6c(c5)n5c7ccccc7nc5n6-c5ccc6c(c5)oc5ccccc56)cc4n4c5ccccc5nc34)nc3ccccc23)cc1. The Morgan fingerprint density at radius 3 is 1.64 bits per heavy atom. The van der Waals surface area contributed by atoms with Gasteiger partial charge < -0.3 is 4.42 Å². The fourth-order valence-corrected chi connectivity index (χ4v) is 9.45. The molecule has 61 heavy (non-hydrogen) atoms. The van der Waals surface area contributed by atoms with Crippen molar-refractivity contribution < 1.29 is 4.42 Å². The maximum Gasteiger partial charge on any atom is 0.238 e. The maximum atomic E-state index is 6.36. The number of furan rings is 1. The second kappa shape index (κ2) is 12.0. The summed E-state index contributed by atoms with van der Waals surface area (Å²) in [5, 5.41) is 3.20. The second-order valence-electron chi connectivity index (χ2n) is 15.6. The Kier molecular flexibility index (Phi) is 6.37. The largest absolute Gasteiger partial charge is 0.456 e. The molecule has 14 rings (SSSR count). The Labute approximate surface area is 345 Å². The van der Waals surface area contributed by atoms with Crippen molar-refractivity contribution in [3.8, 4) is 34.0 Å². The van der Waals surface area contributed by atoms with Crippen LogP contribution in [0.1, 0.15) is 0 Å². The molecule has 0 aliphatic rings. The number of hydrogen-bond donors (Lipinski definition) is 0. The van der Waals surface area contributed by atoms with Crippen LogP contribution in [-0.4, -0.2) is 37.9 Å². The molecule has 0 saturated carbocycles. The molecule has 0 N–H and O–H groups in total. The first-order valence-electron chi connectivity index (χ1n) is 20.3. The van der Waals surface area contributed by atoms with Crippen LogP contribution in [-0.2, 0) is 0 Å². The minimum atomic E-state index is 0.568. The molecule has 0 aliphatic heterocycles. The van der Waals surface area contributed by atoms with Gasteiger partial charge in [-0.15, -0.1) is 0 Å². The third-order valence-electron chi connectivity index (χ3n) is 12.2. The van der Waals surface area contributed by atoms with E-state index in [1.54, 1.807) is 0 Å². The molecular weight excluding hydrogens is 753 g/mol. The van der Waals surface area contributed by atoms with Gasteiger partial charge in [0, 0.05) is 27.8 Å². The van der Waals surface area contributed by atoms with Gasteiger partial charge in [0.2, 0.25) is 17.5 Å². The first-order valence-corrected chi connectivity index (χ1v) is 20.3.